The van der Waals surface area contributed by atoms with Crippen molar-refractivity contribution in [3.8, 4) is 0 Å². The maximum atomic E-state index is 11.4. The molecule has 6 heteroatoms. The average Bonchev–Trinajstić information content (AvgIpc) is 2.55. The monoisotopic (exact) mass is 336 g/mol. The zero-order valence-electron chi connectivity index (χ0n) is 14.4. The lowest BCUT2D eigenvalue weighted by Gasteiger charge is -2.52. The van der Waals surface area contributed by atoms with Crippen molar-refractivity contribution in [3.05, 3.63) is 35.9 Å². The second-order valence-corrected chi connectivity index (χ2v) is 6.77. The molecule has 1 aromatic carbocycles. The third-order valence-corrected chi connectivity index (χ3v) is 4.60. The van der Waals surface area contributed by atoms with E-state index in [1.165, 1.54) is 6.92 Å². The van der Waals surface area contributed by atoms with Gasteiger partial charge in [-0.3, -0.25) is 4.79 Å². The van der Waals surface area contributed by atoms with E-state index in [1.807, 2.05) is 44.2 Å². The summed E-state index contributed by atoms with van der Waals surface area (Å²) in [5.74, 6) is -0.388. The number of rotatable bonds is 3. The van der Waals surface area contributed by atoms with Gasteiger partial charge in [0.25, 0.3) is 0 Å². The van der Waals surface area contributed by atoms with Gasteiger partial charge in [-0.1, -0.05) is 44.2 Å². The van der Waals surface area contributed by atoms with Crippen LogP contribution in [0, 0.1) is 5.41 Å². The molecule has 2 fully saturated rings. The van der Waals surface area contributed by atoms with Crippen LogP contribution in [0.15, 0.2) is 30.3 Å². The van der Waals surface area contributed by atoms with Gasteiger partial charge in [0.1, 0.15) is 12.2 Å². The largest absolute Gasteiger partial charge is 0.435 e. The number of benzene rings is 1. The zero-order chi connectivity index (χ0) is 17.3. The fourth-order valence-electron chi connectivity index (χ4n) is 3.37. The van der Waals surface area contributed by atoms with E-state index in [0.717, 1.165) is 5.56 Å². The third-order valence-electron chi connectivity index (χ3n) is 4.60. The van der Waals surface area contributed by atoms with E-state index in [2.05, 4.69) is 0 Å². The van der Waals surface area contributed by atoms with Crippen molar-refractivity contribution in [3.63, 3.8) is 0 Å². The molecule has 0 N–H and O–H groups in total. The molecule has 5 atom stereocenters. The number of hydrogen-bond donors (Lipinski definition) is 0. The van der Waals surface area contributed by atoms with E-state index in [4.69, 9.17) is 23.7 Å². The molecule has 2 heterocycles. The Morgan fingerprint density at radius 1 is 1.21 bits per heavy atom. The number of fused-ring (bicyclic) bond motifs is 1. The van der Waals surface area contributed by atoms with Crippen molar-refractivity contribution in [2.45, 2.75) is 51.7 Å². The van der Waals surface area contributed by atoms with E-state index in [-0.39, 0.29) is 24.3 Å². The second kappa shape index (κ2) is 6.80. The molecule has 0 bridgehead atoms. The number of esters is 1. The molecule has 0 amide bonds. The number of ether oxygens (including phenoxy) is 5. The Morgan fingerprint density at radius 2 is 1.92 bits per heavy atom. The minimum absolute atomic E-state index is 0.296. The third kappa shape index (κ3) is 3.19. The summed E-state index contributed by atoms with van der Waals surface area (Å²) in [5, 5.41) is 0. The van der Waals surface area contributed by atoms with Crippen molar-refractivity contribution in [2.75, 3.05) is 13.7 Å². The molecule has 1 aromatic rings. The second-order valence-electron chi connectivity index (χ2n) is 6.77. The van der Waals surface area contributed by atoms with Crippen LogP contribution >= 0.6 is 0 Å². The molecular formula is C18H24O6. The topological polar surface area (TPSA) is 63.2 Å². The van der Waals surface area contributed by atoms with Gasteiger partial charge in [0.2, 0.25) is 6.29 Å². The fourth-order valence-corrected chi connectivity index (χ4v) is 3.37. The number of methoxy groups -OCH3 is 1. The van der Waals surface area contributed by atoms with Crippen molar-refractivity contribution in [1.29, 1.82) is 0 Å². The Balaban J connectivity index is 1.81. The van der Waals surface area contributed by atoms with Gasteiger partial charge in [-0.2, -0.15) is 0 Å². The molecule has 1 unspecified atom stereocenters. The van der Waals surface area contributed by atoms with Crippen molar-refractivity contribution in [1.82, 2.24) is 0 Å². The highest BCUT2D eigenvalue weighted by molar-refractivity contribution is 5.66. The Labute approximate surface area is 142 Å². The van der Waals surface area contributed by atoms with Crippen LogP contribution in [0.5, 0.6) is 0 Å². The smallest absolute Gasteiger partial charge is 0.304 e. The van der Waals surface area contributed by atoms with Gasteiger partial charge in [-0.05, 0) is 0 Å². The van der Waals surface area contributed by atoms with E-state index in [9.17, 15) is 4.79 Å². The first kappa shape index (κ1) is 17.4. The quantitative estimate of drug-likeness (QED) is 0.790. The van der Waals surface area contributed by atoms with Crippen molar-refractivity contribution < 1.29 is 28.5 Å². The first-order valence-electron chi connectivity index (χ1n) is 8.11. The lowest BCUT2D eigenvalue weighted by atomic mass is 9.78. The predicted molar refractivity (Wildman–Crippen MR) is 85.0 cm³/mol. The average molecular weight is 336 g/mol. The maximum absolute atomic E-state index is 11.4. The van der Waals surface area contributed by atoms with Crippen LogP contribution in [0.1, 0.15) is 32.6 Å². The van der Waals surface area contributed by atoms with E-state index >= 15 is 0 Å². The molecular weight excluding hydrogens is 312 g/mol. The van der Waals surface area contributed by atoms with Gasteiger partial charge in [0.05, 0.1) is 18.1 Å². The van der Waals surface area contributed by atoms with Crippen LogP contribution in [0.2, 0.25) is 0 Å². The number of hydrogen-bond acceptors (Lipinski definition) is 6. The molecule has 0 aromatic heterocycles. The van der Waals surface area contributed by atoms with Crippen LogP contribution in [-0.2, 0) is 28.5 Å². The zero-order valence-corrected chi connectivity index (χ0v) is 14.4. The van der Waals surface area contributed by atoms with E-state index < -0.39 is 18.0 Å². The highest BCUT2D eigenvalue weighted by Gasteiger charge is 2.55. The van der Waals surface area contributed by atoms with Gasteiger partial charge in [0, 0.05) is 19.6 Å². The minimum Gasteiger partial charge on any atom is -0.435 e. The van der Waals surface area contributed by atoms with Crippen LogP contribution in [0.4, 0.5) is 0 Å². The molecule has 2 aliphatic rings. The Morgan fingerprint density at radius 3 is 2.54 bits per heavy atom. The van der Waals surface area contributed by atoms with Gasteiger partial charge < -0.3 is 23.7 Å². The lowest BCUT2D eigenvalue weighted by molar-refractivity contribution is -0.366. The SMILES string of the molecule is CO[C@@H]1[C@H]2O[C@@H](c3ccccc3)OC[C@H]2OC(OC(C)=O)C1(C)C. The Bertz CT molecular complexity index is 572. The van der Waals surface area contributed by atoms with Gasteiger partial charge in [-0.25, -0.2) is 0 Å². The molecule has 2 saturated heterocycles. The lowest BCUT2D eigenvalue weighted by Crippen LogP contribution is -2.64. The summed E-state index contributed by atoms with van der Waals surface area (Å²) in [7, 11) is 1.63. The summed E-state index contributed by atoms with van der Waals surface area (Å²) in [5.41, 5.74) is 0.394. The molecule has 0 radical (unpaired) electrons. The fraction of sp³-hybridized carbons (Fsp3) is 0.611. The van der Waals surface area contributed by atoms with Gasteiger partial charge >= 0.3 is 5.97 Å². The minimum atomic E-state index is -0.707. The number of carbonyl (C=O) groups excluding carboxylic acids is 1. The Hall–Kier alpha value is -1.47. The maximum Gasteiger partial charge on any atom is 0.304 e. The van der Waals surface area contributed by atoms with E-state index in [1.54, 1.807) is 7.11 Å². The summed E-state index contributed by atoms with van der Waals surface area (Å²) in [6, 6.07) is 9.76. The molecule has 6 nitrogen and oxygen atoms in total. The highest BCUT2D eigenvalue weighted by atomic mass is 16.8. The van der Waals surface area contributed by atoms with Crippen LogP contribution in [-0.4, -0.2) is 44.3 Å². The predicted octanol–water partition coefficient (Wildman–Crippen LogP) is 2.43. The normalized spacial score (nSPS) is 35.1. The van der Waals surface area contributed by atoms with Crippen molar-refractivity contribution >= 4 is 5.97 Å². The van der Waals surface area contributed by atoms with Crippen LogP contribution in [0.3, 0.4) is 0 Å². The summed E-state index contributed by atoms with van der Waals surface area (Å²) in [6.45, 7) is 5.60. The molecule has 2 aliphatic heterocycles. The molecule has 0 spiro atoms. The van der Waals surface area contributed by atoms with Gasteiger partial charge in [-0.15, -0.1) is 0 Å². The molecule has 0 aliphatic carbocycles. The molecule has 24 heavy (non-hydrogen) atoms. The summed E-state index contributed by atoms with van der Waals surface area (Å²) < 4.78 is 29.0. The Kier molecular flexibility index (Phi) is 4.92. The molecule has 0 saturated carbocycles. The first-order valence-corrected chi connectivity index (χ1v) is 8.11. The summed E-state index contributed by atoms with van der Waals surface area (Å²) in [4.78, 5) is 11.4. The van der Waals surface area contributed by atoms with Crippen molar-refractivity contribution in [2.24, 2.45) is 5.41 Å². The van der Waals surface area contributed by atoms with E-state index in [0.29, 0.717) is 6.61 Å². The number of carbonyl (C=O) groups is 1. The standard InChI is InChI=1S/C18H24O6/c1-11(19)22-17-18(2,3)15(20-4)14-13(23-17)10-21-16(24-14)12-8-6-5-7-9-12/h5-9,13-17H,10H2,1-4H3/t13-,14+,15-,16+,17?/m1/s1. The van der Waals surface area contributed by atoms with Crippen LogP contribution in [0.25, 0.3) is 0 Å². The molecule has 132 valence electrons. The van der Waals surface area contributed by atoms with Crippen LogP contribution < -0.4 is 0 Å². The summed E-state index contributed by atoms with van der Waals surface area (Å²) in [6.07, 6.45) is -2.13. The molecule has 3 rings (SSSR count). The highest BCUT2D eigenvalue weighted by Crippen LogP contribution is 2.43. The summed E-state index contributed by atoms with van der Waals surface area (Å²) >= 11 is 0. The first-order chi connectivity index (χ1) is 11.4. The van der Waals surface area contributed by atoms with Gasteiger partial charge in [0.15, 0.2) is 6.29 Å².